The number of hydrogen-bond acceptors (Lipinski definition) is 4. The molecule has 1 aromatic rings. The highest BCUT2D eigenvalue weighted by atomic mass is 31.1. The van der Waals surface area contributed by atoms with Gasteiger partial charge in [-0.2, -0.15) is 0 Å². The third kappa shape index (κ3) is 5.99. The van der Waals surface area contributed by atoms with Gasteiger partial charge in [-0.15, -0.1) is 0 Å². The summed E-state index contributed by atoms with van der Waals surface area (Å²) in [4.78, 5) is 11.5. The van der Waals surface area contributed by atoms with Gasteiger partial charge in [0, 0.05) is 6.07 Å². The number of benzene rings is 1. The van der Waals surface area contributed by atoms with Crippen molar-refractivity contribution >= 4 is 8.17 Å². The zero-order chi connectivity index (χ0) is 13.8. The van der Waals surface area contributed by atoms with Crippen LogP contribution in [0.1, 0.15) is 34.6 Å². The number of ether oxygens (including phenoxy) is 1. The molecule has 0 amide bonds. The van der Waals surface area contributed by atoms with Crippen molar-refractivity contribution in [1.29, 1.82) is 0 Å². The molecule has 0 heterocycles. The van der Waals surface area contributed by atoms with Gasteiger partial charge in [0.2, 0.25) is 0 Å². The fourth-order valence-corrected chi connectivity index (χ4v) is 1.97. The Hall–Kier alpha value is -1.12. The van der Waals surface area contributed by atoms with Gasteiger partial charge in [-0.3, -0.25) is 4.52 Å². The van der Waals surface area contributed by atoms with Crippen LogP contribution in [0.2, 0.25) is 0 Å². The van der Waals surface area contributed by atoms with Crippen LogP contribution in [-0.2, 0) is 0 Å². The molecule has 0 spiro atoms. The summed E-state index contributed by atoms with van der Waals surface area (Å²) in [5.41, 5.74) is -0.275. The molecule has 1 atom stereocenters. The molecule has 0 saturated carbocycles. The molecule has 0 fully saturated rings. The first kappa shape index (κ1) is 14.9. The largest absolute Gasteiger partial charge is 0.575 e. The summed E-state index contributed by atoms with van der Waals surface area (Å²) < 4.78 is 14.9. The Labute approximate surface area is 110 Å². The molecule has 5 heteroatoms. The van der Waals surface area contributed by atoms with Crippen LogP contribution in [0.4, 0.5) is 0 Å². The highest BCUT2D eigenvalue weighted by Crippen LogP contribution is 2.28. The van der Waals surface area contributed by atoms with Crippen LogP contribution >= 0.6 is 8.17 Å². The third-order valence-electron chi connectivity index (χ3n) is 1.74. The van der Waals surface area contributed by atoms with Crippen molar-refractivity contribution in [3.8, 4) is 11.5 Å². The second-order valence-corrected chi connectivity index (χ2v) is 6.12. The van der Waals surface area contributed by atoms with Crippen molar-refractivity contribution in [2.75, 3.05) is 0 Å². The molecule has 0 aliphatic rings. The van der Waals surface area contributed by atoms with Crippen molar-refractivity contribution in [1.82, 2.24) is 0 Å². The van der Waals surface area contributed by atoms with E-state index < -0.39 is 8.17 Å². The standard InChI is InChI=1S/C13H20NO3P/c1-10(2)14-18(15)17-12-8-6-7-11(9-12)16-13(3,4)5/h6-10H,1-5H3. The second-order valence-electron chi connectivity index (χ2n) is 5.23. The van der Waals surface area contributed by atoms with Gasteiger partial charge in [0.25, 0.3) is 0 Å². The molecule has 0 bridgehead atoms. The average molecular weight is 269 g/mol. The van der Waals surface area contributed by atoms with Gasteiger partial charge in [0.05, 0.1) is 6.04 Å². The van der Waals surface area contributed by atoms with Crippen LogP contribution in [0.3, 0.4) is 0 Å². The highest BCUT2D eigenvalue weighted by molar-refractivity contribution is 7.34. The summed E-state index contributed by atoms with van der Waals surface area (Å²) in [6.07, 6.45) is 0. The smallest absolute Gasteiger partial charge is 0.394 e. The lowest BCUT2D eigenvalue weighted by Crippen LogP contribution is -2.22. The average Bonchev–Trinajstić information content (AvgIpc) is 2.13. The van der Waals surface area contributed by atoms with E-state index in [0.29, 0.717) is 11.5 Å². The third-order valence-corrected chi connectivity index (χ3v) is 2.76. The molecule has 18 heavy (non-hydrogen) atoms. The zero-order valence-corrected chi connectivity index (χ0v) is 12.4. The second kappa shape index (κ2) is 6.17. The molecule has 0 radical (unpaired) electrons. The van der Waals surface area contributed by atoms with Crippen LogP contribution < -0.4 is 14.2 Å². The summed E-state index contributed by atoms with van der Waals surface area (Å²) in [5, 5.41) is 0. The summed E-state index contributed by atoms with van der Waals surface area (Å²) in [6.45, 7) is 9.62. The fourth-order valence-electron chi connectivity index (χ4n) is 1.25. The van der Waals surface area contributed by atoms with Gasteiger partial charge in [0.1, 0.15) is 11.4 Å². The van der Waals surface area contributed by atoms with Crippen LogP contribution in [0.25, 0.3) is 0 Å². The Balaban J connectivity index is 2.77. The molecule has 1 unspecified atom stereocenters. The molecule has 1 aromatic carbocycles. The van der Waals surface area contributed by atoms with Crippen molar-refractivity contribution in [2.24, 2.45) is 4.74 Å². The molecule has 0 aliphatic carbocycles. The van der Waals surface area contributed by atoms with Crippen molar-refractivity contribution in [3.63, 3.8) is 0 Å². The molecular weight excluding hydrogens is 249 g/mol. The number of nitrogens with zero attached hydrogens (tertiary/aromatic N) is 1. The Morgan fingerprint density at radius 2 is 1.83 bits per heavy atom. The van der Waals surface area contributed by atoms with E-state index >= 15 is 0 Å². The lowest BCUT2D eigenvalue weighted by molar-refractivity contribution is -0.168. The van der Waals surface area contributed by atoms with E-state index in [-0.39, 0.29) is 11.6 Å². The number of rotatable bonds is 4. The van der Waals surface area contributed by atoms with Gasteiger partial charge < -0.3 is 9.63 Å². The maximum atomic E-state index is 11.5. The van der Waals surface area contributed by atoms with Gasteiger partial charge in [0.15, 0.2) is 5.75 Å². The molecule has 0 aromatic heterocycles. The van der Waals surface area contributed by atoms with Crippen LogP contribution in [0.5, 0.6) is 11.5 Å². The quantitative estimate of drug-likeness (QED) is 0.786. The highest BCUT2D eigenvalue weighted by Gasteiger charge is 2.13. The van der Waals surface area contributed by atoms with Gasteiger partial charge in [-0.1, -0.05) is 10.8 Å². The van der Waals surface area contributed by atoms with E-state index in [1.807, 2.05) is 40.7 Å². The van der Waals surface area contributed by atoms with Crippen LogP contribution in [0.15, 0.2) is 29.0 Å². The first-order valence-corrected chi connectivity index (χ1v) is 7.04. The first-order valence-electron chi connectivity index (χ1n) is 5.91. The van der Waals surface area contributed by atoms with Crippen LogP contribution in [0, 0.1) is 0 Å². The Bertz CT molecular complexity index is 424. The maximum Gasteiger partial charge on any atom is 0.394 e. The SMILES string of the molecule is CC(C)/N=[P+](\[O-])Oc1cccc(OC(C)(C)C)c1. The van der Waals surface area contributed by atoms with E-state index in [1.54, 1.807) is 18.2 Å². The summed E-state index contributed by atoms with van der Waals surface area (Å²) in [7, 11) is -2.02. The normalized spacial score (nSPS) is 12.7. The molecule has 100 valence electrons. The minimum Gasteiger partial charge on any atom is -0.575 e. The van der Waals surface area contributed by atoms with E-state index in [9.17, 15) is 4.89 Å². The molecule has 0 N–H and O–H groups in total. The van der Waals surface area contributed by atoms with Gasteiger partial charge in [-0.05, 0) is 46.8 Å². The monoisotopic (exact) mass is 269 g/mol. The predicted molar refractivity (Wildman–Crippen MR) is 71.9 cm³/mol. The van der Waals surface area contributed by atoms with Crippen LogP contribution in [-0.4, -0.2) is 11.6 Å². The van der Waals surface area contributed by atoms with Gasteiger partial charge >= 0.3 is 8.17 Å². The van der Waals surface area contributed by atoms with Crippen molar-refractivity contribution < 1.29 is 14.2 Å². The Morgan fingerprint density at radius 3 is 2.39 bits per heavy atom. The Kier molecular flexibility index (Phi) is 5.12. The maximum absolute atomic E-state index is 11.5. The van der Waals surface area contributed by atoms with E-state index in [0.717, 1.165) is 0 Å². The minimum absolute atomic E-state index is 0.0115. The summed E-state index contributed by atoms with van der Waals surface area (Å²) in [5.74, 6) is 1.19. The lowest BCUT2D eigenvalue weighted by Gasteiger charge is -2.21. The lowest BCUT2D eigenvalue weighted by atomic mass is 10.2. The minimum atomic E-state index is -2.02. The van der Waals surface area contributed by atoms with E-state index in [1.165, 1.54) is 0 Å². The molecule has 1 rings (SSSR count). The van der Waals surface area contributed by atoms with E-state index in [2.05, 4.69) is 4.74 Å². The zero-order valence-electron chi connectivity index (χ0n) is 11.5. The molecule has 0 aliphatic heterocycles. The first-order chi connectivity index (χ1) is 8.26. The van der Waals surface area contributed by atoms with Crippen molar-refractivity contribution in [2.45, 2.75) is 46.3 Å². The topological polar surface area (TPSA) is 53.9 Å². The summed E-state index contributed by atoms with van der Waals surface area (Å²) >= 11 is 0. The summed E-state index contributed by atoms with van der Waals surface area (Å²) in [6, 6.07) is 7.08. The molecule has 0 saturated heterocycles. The fraction of sp³-hybridized carbons (Fsp3) is 0.538. The van der Waals surface area contributed by atoms with Crippen molar-refractivity contribution in [3.05, 3.63) is 24.3 Å². The predicted octanol–water partition coefficient (Wildman–Crippen LogP) is 3.51. The molecular formula is C13H20NO3P. The van der Waals surface area contributed by atoms with Gasteiger partial charge in [-0.25, -0.2) is 0 Å². The molecule has 4 nitrogen and oxygen atoms in total. The van der Waals surface area contributed by atoms with E-state index in [4.69, 9.17) is 9.26 Å². The number of hydrogen-bond donors (Lipinski definition) is 0. The Morgan fingerprint density at radius 1 is 1.22 bits per heavy atom.